The number of rotatable bonds is 3. The Hall–Kier alpha value is -1.44. The Bertz CT molecular complexity index is 589. The first-order chi connectivity index (χ1) is 8.20. The zero-order chi connectivity index (χ0) is 12.3. The lowest BCUT2D eigenvalue weighted by Crippen LogP contribution is -2.05. The molecule has 0 spiro atoms. The summed E-state index contributed by atoms with van der Waals surface area (Å²) in [5.41, 5.74) is 0.152. The number of nitrogens with zero attached hydrogens (tertiary/aromatic N) is 3. The number of aliphatic hydroxyl groups excluding tert-OH is 1. The van der Waals surface area contributed by atoms with Gasteiger partial charge in [-0.15, -0.1) is 0 Å². The minimum atomic E-state index is -0.279. The molecule has 0 saturated carbocycles. The molecule has 0 saturated heterocycles. The summed E-state index contributed by atoms with van der Waals surface area (Å²) < 4.78 is 0. The molecule has 2 heterocycles. The summed E-state index contributed by atoms with van der Waals surface area (Å²) in [7, 11) is 0. The SMILES string of the molecule is O=c1ccnc(Sc2ncnc(Cl)c2CO)[nH]1. The molecule has 88 valence electrons. The highest BCUT2D eigenvalue weighted by Gasteiger charge is 2.11. The number of aromatic amines is 1. The molecule has 2 aromatic heterocycles. The maximum atomic E-state index is 11.1. The van der Waals surface area contributed by atoms with Gasteiger partial charge in [-0.2, -0.15) is 0 Å². The van der Waals surface area contributed by atoms with Crippen LogP contribution in [-0.2, 0) is 6.61 Å². The average Bonchev–Trinajstić information content (AvgIpc) is 2.29. The summed E-state index contributed by atoms with van der Waals surface area (Å²) in [5.74, 6) is 0. The minimum absolute atomic E-state index is 0.184. The molecule has 0 radical (unpaired) electrons. The number of nitrogens with one attached hydrogen (secondary N) is 1. The van der Waals surface area contributed by atoms with E-state index in [-0.39, 0.29) is 17.3 Å². The molecule has 0 aromatic carbocycles. The van der Waals surface area contributed by atoms with E-state index in [2.05, 4.69) is 19.9 Å². The number of aliphatic hydroxyl groups is 1. The molecular formula is C9H7ClN4O2S. The Balaban J connectivity index is 2.36. The predicted octanol–water partition coefficient (Wildman–Crippen LogP) is 0.857. The van der Waals surface area contributed by atoms with Crippen molar-refractivity contribution in [1.29, 1.82) is 0 Å². The van der Waals surface area contributed by atoms with E-state index < -0.39 is 0 Å². The highest BCUT2D eigenvalue weighted by molar-refractivity contribution is 7.99. The molecule has 0 unspecified atom stereocenters. The van der Waals surface area contributed by atoms with Gasteiger partial charge in [-0.3, -0.25) is 4.79 Å². The number of aromatic nitrogens is 4. The van der Waals surface area contributed by atoms with E-state index in [1.807, 2.05) is 0 Å². The smallest absolute Gasteiger partial charge is 0.251 e. The third kappa shape index (κ3) is 2.82. The molecular weight excluding hydrogens is 264 g/mol. The first-order valence-electron chi connectivity index (χ1n) is 4.54. The normalized spacial score (nSPS) is 10.5. The van der Waals surface area contributed by atoms with Crippen LogP contribution in [0.25, 0.3) is 0 Å². The van der Waals surface area contributed by atoms with Crippen molar-refractivity contribution in [2.24, 2.45) is 0 Å². The van der Waals surface area contributed by atoms with E-state index in [0.29, 0.717) is 15.7 Å². The van der Waals surface area contributed by atoms with Gasteiger partial charge in [0.1, 0.15) is 16.5 Å². The minimum Gasteiger partial charge on any atom is -0.391 e. The van der Waals surface area contributed by atoms with Crippen molar-refractivity contribution in [3.63, 3.8) is 0 Å². The summed E-state index contributed by atoms with van der Waals surface area (Å²) in [6.45, 7) is -0.279. The topological polar surface area (TPSA) is 91.8 Å². The zero-order valence-corrected chi connectivity index (χ0v) is 9.99. The van der Waals surface area contributed by atoms with Gasteiger partial charge in [-0.05, 0) is 11.8 Å². The van der Waals surface area contributed by atoms with Gasteiger partial charge in [-0.25, -0.2) is 15.0 Å². The Kier molecular flexibility index (Phi) is 3.72. The van der Waals surface area contributed by atoms with Crippen LogP contribution in [0, 0.1) is 0 Å². The number of hydrogen-bond donors (Lipinski definition) is 2. The van der Waals surface area contributed by atoms with Gasteiger partial charge < -0.3 is 10.1 Å². The lowest BCUT2D eigenvalue weighted by atomic mass is 10.4. The number of halogens is 1. The lowest BCUT2D eigenvalue weighted by Gasteiger charge is -2.05. The van der Waals surface area contributed by atoms with Gasteiger partial charge in [0.05, 0.1) is 6.61 Å². The summed E-state index contributed by atoms with van der Waals surface area (Å²) in [4.78, 5) is 25.3. The maximum absolute atomic E-state index is 11.1. The first-order valence-corrected chi connectivity index (χ1v) is 5.73. The second-order valence-electron chi connectivity index (χ2n) is 2.95. The molecule has 0 amide bonds. The summed E-state index contributed by atoms with van der Waals surface area (Å²) in [6.07, 6.45) is 2.67. The highest BCUT2D eigenvalue weighted by atomic mass is 35.5. The molecule has 0 aliphatic rings. The largest absolute Gasteiger partial charge is 0.391 e. The van der Waals surface area contributed by atoms with Crippen molar-refractivity contribution in [3.8, 4) is 0 Å². The Morgan fingerprint density at radius 2 is 2.24 bits per heavy atom. The molecule has 2 aromatic rings. The van der Waals surface area contributed by atoms with Crippen molar-refractivity contribution in [3.05, 3.63) is 39.7 Å². The van der Waals surface area contributed by atoms with Crippen molar-refractivity contribution in [2.75, 3.05) is 0 Å². The fourth-order valence-electron chi connectivity index (χ4n) is 1.09. The van der Waals surface area contributed by atoms with E-state index in [4.69, 9.17) is 16.7 Å². The molecule has 2 rings (SSSR count). The van der Waals surface area contributed by atoms with E-state index in [1.165, 1.54) is 18.6 Å². The van der Waals surface area contributed by atoms with Gasteiger partial charge in [0, 0.05) is 17.8 Å². The first kappa shape index (κ1) is 12.0. The van der Waals surface area contributed by atoms with Crippen molar-refractivity contribution >= 4 is 23.4 Å². The Morgan fingerprint density at radius 3 is 2.94 bits per heavy atom. The van der Waals surface area contributed by atoms with Crippen LogP contribution in [0.5, 0.6) is 0 Å². The van der Waals surface area contributed by atoms with Crippen LogP contribution < -0.4 is 5.56 Å². The number of hydrogen-bond acceptors (Lipinski definition) is 6. The fourth-order valence-corrected chi connectivity index (χ4v) is 2.17. The highest BCUT2D eigenvalue weighted by Crippen LogP contribution is 2.28. The van der Waals surface area contributed by atoms with Gasteiger partial charge in [0.15, 0.2) is 5.16 Å². The van der Waals surface area contributed by atoms with Crippen LogP contribution in [0.3, 0.4) is 0 Å². The van der Waals surface area contributed by atoms with Crippen LogP contribution in [0.15, 0.2) is 33.6 Å². The number of H-pyrrole nitrogens is 1. The standard InChI is InChI=1S/C9H7ClN4O2S/c10-7-5(3-15)8(13-4-12-7)17-9-11-2-1-6(16)14-9/h1-2,4,15H,3H2,(H,11,14,16). The molecule has 0 bridgehead atoms. The van der Waals surface area contributed by atoms with E-state index in [9.17, 15) is 4.79 Å². The summed E-state index contributed by atoms with van der Waals surface area (Å²) in [5, 5.41) is 10.2. The van der Waals surface area contributed by atoms with Gasteiger partial charge >= 0.3 is 0 Å². The van der Waals surface area contributed by atoms with E-state index in [1.54, 1.807) is 0 Å². The quantitative estimate of drug-likeness (QED) is 0.635. The zero-order valence-electron chi connectivity index (χ0n) is 8.42. The van der Waals surface area contributed by atoms with Crippen molar-refractivity contribution in [1.82, 2.24) is 19.9 Å². The van der Waals surface area contributed by atoms with Crippen LogP contribution >= 0.6 is 23.4 Å². The fraction of sp³-hybridized carbons (Fsp3) is 0.111. The molecule has 0 aliphatic carbocycles. The third-order valence-corrected chi connectivity index (χ3v) is 3.12. The van der Waals surface area contributed by atoms with Crippen LogP contribution in [0.1, 0.15) is 5.56 Å². The Labute approximate surface area is 105 Å². The molecule has 8 heteroatoms. The monoisotopic (exact) mass is 270 g/mol. The van der Waals surface area contributed by atoms with Crippen LogP contribution in [0.2, 0.25) is 5.15 Å². The third-order valence-electron chi connectivity index (χ3n) is 1.85. The summed E-state index contributed by atoms with van der Waals surface area (Å²) >= 11 is 6.92. The summed E-state index contributed by atoms with van der Waals surface area (Å²) in [6, 6.07) is 1.31. The molecule has 0 aliphatic heterocycles. The second-order valence-corrected chi connectivity index (χ2v) is 4.28. The predicted molar refractivity (Wildman–Crippen MR) is 61.9 cm³/mol. The van der Waals surface area contributed by atoms with Gasteiger partial charge in [0.25, 0.3) is 5.56 Å². The van der Waals surface area contributed by atoms with E-state index >= 15 is 0 Å². The van der Waals surface area contributed by atoms with Crippen molar-refractivity contribution < 1.29 is 5.11 Å². The molecule has 2 N–H and O–H groups in total. The van der Waals surface area contributed by atoms with Crippen molar-refractivity contribution in [2.45, 2.75) is 16.8 Å². The van der Waals surface area contributed by atoms with Crippen LogP contribution in [0.4, 0.5) is 0 Å². The second kappa shape index (κ2) is 5.26. The van der Waals surface area contributed by atoms with Gasteiger partial charge in [-0.1, -0.05) is 11.6 Å². The molecule has 17 heavy (non-hydrogen) atoms. The van der Waals surface area contributed by atoms with Crippen LogP contribution in [-0.4, -0.2) is 25.0 Å². The Morgan fingerprint density at radius 1 is 1.41 bits per heavy atom. The molecule has 6 nitrogen and oxygen atoms in total. The van der Waals surface area contributed by atoms with E-state index in [0.717, 1.165) is 11.8 Å². The molecule has 0 fully saturated rings. The maximum Gasteiger partial charge on any atom is 0.251 e. The molecule has 0 atom stereocenters. The average molecular weight is 271 g/mol. The lowest BCUT2D eigenvalue weighted by molar-refractivity contribution is 0.277. The van der Waals surface area contributed by atoms with Gasteiger partial charge in [0.2, 0.25) is 0 Å².